The molecule has 0 bridgehead atoms. The van der Waals surface area contributed by atoms with Gasteiger partial charge >= 0.3 is 0 Å². The number of ether oxygens (including phenoxy) is 3. The summed E-state index contributed by atoms with van der Waals surface area (Å²) in [5, 5.41) is 5.67. The molecule has 1 fully saturated rings. The van der Waals surface area contributed by atoms with Crippen molar-refractivity contribution in [2.24, 2.45) is 5.92 Å². The molecule has 2 aromatic rings. The first-order valence-corrected chi connectivity index (χ1v) is 11.7. The normalized spacial score (nSPS) is 15.1. The lowest BCUT2D eigenvalue weighted by atomic mass is 10.0. The van der Waals surface area contributed by atoms with Gasteiger partial charge in [-0.3, -0.25) is 19.4 Å². The van der Waals surface area contributed by atoms with Crippen molar-refractivity contribution in [3.63, 3.8) is 0 Å². The van der Waals surface area contributed by atoms with E-state index in [-0.39, 0.29) is 46.2 Å². The molecule has 35 heavy (non-hydrogen) atoms. The number of hydrogen-bond acceptors (Lipinski definition) is 6. The third kappa shape index (κ3) is 4.76. The predicted octanol–water partition coefficient (Wildman–Crippen LogP) is 3.07. The molecule has 2 aromatic carbocycles. The van der Waals surface area contributed by atoms with Gasteiger partial charge < -0.3 is 19.5 Å². The summed E-state index contributed by atoms with van der Waals surface area (Å²) in [7, 11) is 4.32. The van der Waals surface area contributed by atoms with E-state index in [2.05, 4.69) is 17.4 Å². The fourth-order valence-corrected chi connectivity index (χ4v) is 4.99. The van der Waals surface area contributed by atoms with Crippen molar-refractivity contribution in [3.05, 3.63) is 47.0 Å². The first-order valence-electron chi connectivity index (χ1n) is 11.7. The Bertz CT molecular complexity index is 1120. The lowest BCUT2D eigenvalue weighted by Crippen LogP contribution is -2.45. The van der Waals surface area contributed by atoms with Crippen LogP contribution in [0.4, 0.5) is 5.69 Å². The summed E-state index contributed by atoms with van der Waals surface area (Å²) in [5.74, 6) is 0.0447. The molecule has 1 aliphatic carbocycles. The zero-order chi connectivity index (χ0) is 25.1. The molecule has 0 atom stereocenters. The molecule has 1 aliphatic heterocycles. The Kier molecular flexibility index (Phi) is 7.14. The van der Waals surface area contributed by atoms with E-state index >= 15 is 0 Å². The number of benzene rings is 2. The van der Waals surface area contributed by atoms with Crippen molar-refractivity contribution in [1.82, 2.24) is 10.0 Å². The number of nitrogens with zero attached hydrogens (tertiary/aromatic N) is 2. The van der Waals surface area contributed by atoms with Crippen molar-refractivity contribution in [3.8, 4) is 17.2 Å². The third-order valence-electron chi connectivity index (χ3n) is 6.51. The van der Waals surface area contributed by atoms with Crippen LogP contribution in [-0.2, 0) is 22.4 Å². The van der Waals surface area contributed by atoms with Crippen LogP contribution in [0.1, 0.15) is 41.3 Å². The monoisotopic (exact) mass is 481 g/mol. The molecular weight excluding hydrogens is 450 g/mol. The Labute approximate surface area is 204 Å². The molecule has 0 unspecified atom stereocenters. The standard InChI is InChI=1S/C26H31N3O6/c1-16(30)27-23-20(15-21(33-2)24(34-3)25(23)35-4)26(32)29-11-7-10-28(29)22(31)14-17-12-18-8-5-6-9-19(18)13-17/h5-6,8-9,15,17H,7,10-14H2,1-4H3,(H,27,30). The highest BCUT2D eigenvalue weighted by molar-refractivity contribution is 6.07. The molecule has 4 rings (SSSR count). The van der Waals surface area contributed by atoms with Gasteiger partial charge in [-0.2, -0.15) is 0 Å². The van der Waals surface area contributed by atoms with Gasteiger partial charge in [-0.1, -0.05) is 24.3 Å². The molecular formula is C26H31N3O6. The van der Waals surface area contributed by atoms with Crippen LogP contribution in [0.3, 0.4) is 0 Å². The van der Waals surface area contributed by atoms with Crippen molar-refractivity contribution < 1.29 is 28.6 Å². The Hall–Kier alpha value is -3.75. The van der Waals surface area contributed by atoms with E-state index in [1.165, 1.54) is 55.5 Å². The second-order valence-corrected chi connectivity index (χ2v) is 8.79. The number of anilines is 1. The zero-order valence-corrected chi connectivity index (χ0v) is 20.6. The van der Waals surface area contributed by atoms with Crippen LogP contribution in [0.2, 0.25) is 0 Å². The quantitative estimate of drug-likeness (QED) is 0.653. The molecule has 9 nitrogen and oxygen atoms in total. The minimum atomic E-state index is -0.423. The molecule has 0 saturated carbocycles. The van der Waals surface area contributed by atoms with Crippen LogP contribution in [0.5, 0.6) is 17.2 Å². The summed E-state index contributed by atoms with van der Waals surface area (Å²) in [6.45, 7) is 2.20. The number of carbonyl (C=O) groups excluding carboxylic acids is 3. The van der Waals surface area contributed by atoms with Crippen LogP contribution in [0.25, 0.3) is 0 Å². The Balaban J connectivity index is 1.60. The summed E-state index contributed by atoms with van der Waals surface area (Å²) >= 11 is 0. The topological polar surface area (TPSA) is 97.4 Å². The fraction of sp³-hybridized carbons (Fsp3) is 0.423. The summed E-state index contributed by atoms with van der Waals surface area (Å²) in [4.78, 5) is 39.0. The maximum absolute atomic E-state index is 13.7. The largest absolute Gasteiger partial charge is 0.493 e. The van der Waals surface area contributed by atoms with Gasteiger partial charge in [0.15, 0.2) is 11.5 Å². The Morgan fingerprint density at radius 3 is 2.14 bits per heavy atom. The van der Waals surface area contributed by atoms with E-state index in [1.54, 1.807) is 0 Å². The number of fused-ring (bicyclic) bond motifs is 1. The minimum Gasteiger partial charge on any atom is -0.493 e. The average molecular weight is 482 g/mol. The number of carbonyl (C=O) groups is 3. The number of methoxy groups -OCH3 is 3. The molecule has 9 heteroatoms. The zero-order valence-electron chi connectivity index (χ0n) is 20.6. The highest BCUT2D eigenvalue weighted by Crippen LogP contribution is 2.46. The van der Waals surface area contributed by atoms with Crippen LogP contribution >= 0.6 is 0 Å². The Morgan fingerprint density at radius 1 is 0.943 bits per heavy atom. The fourth-order valence-electron chi connectivity index (χ4n) is 4.99. The molecule has 1 saturated heterocycles. The summed E-state index contributed by atoms with van der Waals surface area (Å²) < 4.78 is 16.3. The number of hydrogen-bond donors (Lipinski definition) is 1. The van der Waals surface area contributed by atoms with Crippen molar-refractivity contribution in [2.75, 3.05) is 39.7 Å². The minimum absolute atomic E-state index is 0.0813. The third-order valence-corrected chi connectivity index (χ3v) is 6.51. The molecule has 0 aromatic heterocycles. The van der Waals surface area contributed by atoms with E-state index in [9.17, 15) is 14.4 Å². The van der Waals surface area contributed by atoms with E-state index in [0.717, 1.165) is 12.8 Å². The van der Waals surface area contributed by atoms with E-state index in [4.69, 9.17) is 14.2 Å². The van der Waals surface area contributed by atoms with Crippen LogP contribution in [0.15, 0.2) is 30.3 Å². The van der Waals surface area contributed by atoms with Gasteiger partial charge in [0.25, 0.3) is 5.91 Å². The molecule has 1 N–H and O–H groups in total. The van der Waals surface area contributed by atoms with Gasteiger partial charge in [-0.15, -0.1) is 0 Å². The molecule has 3 amide bonds. The molecule has 186 valence electrons. The highest BCUT2D eigenvalue weighted by Gasteiger charge is 2.36. The van der Waals surface area contributed by atoms with Crippen molar-refractivity contribution in [2.45, 2.75) is 32.6 Å². The summed E-state index contributed by atoms with van der Waals surface area (Å²) in [6.07, 6.45) is 2.76. The molecule has 1 heterocycles. The van der Waals surface area contributed by atoms with Gasteiger partial charge in [-0.05, 0) is 42.4 Å². The van der Waals surface area contributed by atoms with E-state index in [1.807, 2.05) is 12.1 Å². The van der Waals surface area contributed by atoms with Gasteiger partial charge in [0.1, 0.15) is 5.69 Å². The average Bonchev–Trinajstić information content (AvgIpc) is 3.49. The SMILES string of the molecule is COc1cc(C(=O)N2CCCN2C(=O)CC2Cc3ccccc3C2)c(NC(C)=O)c(OC)c1OC. The van der Waals surface area contributed by atoms with Gasteiger partial charge in [0.05, 0.1) is 26.9 Å². The number of hydrazine groups is 1. The first-order chi connectivity index (χ1) is 16.9. The second-order valence-electron chi connectivity index (χ2n) is 8.79. The first kappa shape index (κ1) is 24.4. The van der Waals surface area contributed by atoms with Crippen LogP contribution in [0, 0.1) is 5.92 Å². The van der Waals surface area contributed by atoms with Gasteiger partial charge in [0, 0.05) is 26.4 Å². The summed E-state index contributed by atoms with van der Waals surface area (Å²) in [6, 6.07) is 9.77. The smallest absolute Gasteiger partial charge is 0.274 e. The van der Waals surface area contributed by atoms with Gasteiger partial charge in [-0.25, -0.2) is 5.01 Å². The van der Waals surface area contributed by atoms with Crippen molar-refractivity contribution >= 4 is 23.4 Å². The highest BCUT2D eigenvalue weighted by atomic mass is 16.5. The predicted molar refractivity (Wildman–Crippen MR) is 130 cm³/mol. The molecule has 0 radical (unpaired) electrons. The number of rotatable bonds is 7. The molecule has 0 spiro atoms. The second kappa shape index (κ2) is 10.2. The molecule has 2 aliphatic rings. The lowest BCUT2D eigenvalue weighted by Gasteiger charge is -2.30. The van der Waals surface area contributed by atoms with E-state index < -0.39 is 5.91 Å². The van der Waals surface area contributed by atoms with Crippen molar-refractivity contribution in [1.29, 1.82) is 0 Å². The maximum Gasteiger partial charge on any atom is 0.274 e. The van der Waals surface area contributed by atoms with Gasteiger partial charge in [0.2, 0.25) is 17.6 Å². The van der Waals surface area contributed by atoms with Crippen LogP contribution < -0.4 is 19.5 Å². The number of nitrogens with one attached hydrogen (secondary N) is 1. The lowest BCUT2D eigenvalue weighted by molar-refractivity contribution is -0.141. The van der Waals surface area contributed by atoms with E-state index in [0.29, 0.717) is 25.9 Å². The Morgan fingerprint density at radius 2 is 1.57 bits per heavy atom. The van der Waals surface area contributed by atoms with Crippen LogP contribution in [-0.4, -0.2) is 62.2 Å². The maximum atomic E-state index is 13.7. The summed E-state index contributed by atoms with van der Waals surface area (Å²) in [5.41, 5.74) is 2.91. The number of amides is 3.